The van der Waals surface area contributed by atoms with Gasteiger partial charge in [-0.15, -0.1) is 0 Å². The normalized spacial score (nSPS) is 12.8. The number of aromatic nitrogens is 2. The van der Waals surface area contributed by atoms with Crippen LogP contribution in [0.3, 0.4) is 0 Å². The van der Waals surface area contributed by atoms with E-state index in [0.29, 0.717) is 0 Å². The van der Waals surface area contributed by atoms with Gasteiger partial charge in [0.05, 0.1) is 17.1 Å². The molecular weight excluding hydrogens is 585 g/mol. The zero-order valence-electron chi connectivity index (χ0n) is 26.1. The Hall–Kier alpha value is -6.32. The minimum absolute atomic E-state index is 0.243. The zero-order chi connectivity index (χ0) is 32.1. The molecule has 0 fully saturated rings. The summed E-state index contributed by atoms with van der Waals surface area (Å²) < 4.78 is 0. The van der Waals surface area contributed by atoms with E-state index in [0.717, 1.165) is 55.7 Å². The summed E-state index contributed by atoms with van der Waals surface area (Å²) in [6, 6.07) is 58.6. The molecule has 0 saturated heterocycles. The van der Waals surface area contributed by atoms with E-state index in [2.05, 4.69) is 127 Å². The highest BCUT2D eigenvalue weighted by Gasteiger charge is 2.48. The molecule has 226 valence electrons. The second kappa shape index (κ2) is 11.2. The molecule has 0 spiro atoms. The van der Waals surface area contributed by atoms with E-state index in [1.54, 1.807) is 6.07 Å². The molecule has 6 aromatic carbocycles. The van der Waals surface area contributed by atoms with Gasteiger partial charge in [-0.2, -0.15) is 0 Å². The van der Waals surface area contributed by atoms with Gasteiger partial charge in [-0.05, 0) is 98.2 Å². The van der Waals surface area contributed by atoms with Gasteiger partial charge < -0.3 is 5.11 Å². The van der Waals surface area contributed by atoms with Crippen molar-refractivity contribution in [2.24, 2.45) is 0 Å². The van der Waals surface area contributed by atoms with Crippen molar-refractivity contribution >= 4 is 10.8 Å². The number of nitrogens with zero attached hydrogens (tertiary/aromatic N) is 2. The first kappa shape index (κ1) is 27.9. The Morgan fingerprint density at radius 1 is 0.438 bits per heavy atom. The average Bonchev–Trinajstić information content (AvgIpc) is 3.46. The standard InChI is InChI=1S/C45H30N2O/c48-42-25-24-31(30-13-2-1-3-14-30)28-38(42)37-29-33(27-32-15-4-5-16-34(32)37)41-21-12-23-44(47-41)45(43-22-10-11-26-46-43)39-19-8-6-17-35(39)36-18-7-9-20-40(36)45/h1-29,48H. The van der Waals surface area contributed by atoms with Crippen molar-refractivity contribution in [3.05, 3.63) is 199 Å². The lowest BCUT2D eigenvalue weighted by Crippen LogP contribution is -2.31. The van der Waals surface area contributed by atoms with Crippen LogP contribution < -0.4 is 0 Å². The van der Waals surface area contributed by atoms with Crippen LogP contribution in [0.4, 0.5) is 0 Å². The molecule has 0 amide bonds. The van der Waals surface area contributed by atoms with Crippen LogP contribution in [-0.2, 0) is 5.41 Å². The second-order valence-electron chi connectivity index (χ2n) is 12.3. The van der Waals surface area contributed by atoms with E-state index in [4.69, 9.17) is 9.97 Å². The van der Waals surface area contributed by atoms with E-state index in [1.165, 1.54) is 22.3 Å². The van der Waals surface area contributed by atoms with Crippen molar-refractivity contribution in [2.75, 3.05) is 0 Å². The van der Waals surface area contributed by atoms with Crippen LogP contribution in [0.25, 0.3) is 55.4 Å². The van der Waals surface area contributed by atoms with Crippen LogP contribution in [0.2, 0.25) is 0 Å². The Morgan fingerprint density at radius 2 is 1.10 bits per heavy atom. The molecule has 3 nitrogen and oxygen atoms in total. The largest absolute Gasteiger partial charge is 0.507 e. The number of aromatic hydroxyl groups is 1. The summed E-state index contributed by atoms with van der Waals surface area (Å²) in [6.45, 7) is 0. The fourth-order valence-electron chi connectivity index (χ4n) is 7.55. The van der Waals surface area contributed by atoms with Crippen molar-refractivity contribution in [1.82, 2.24) is 9.97 Å². The van der Waals surface area contributed by atoms with Crippen molar-refractivity contribution < 1.29 is 5.11 Å². The number of fused-ring (bicyclic) bond motifs is 4. The highest BCUT2D eigenvalue weighted by atomic mass is 16.3. The summed E-state index contributed by atoms with van der Waals surface area (Å²) in [6.07, 6.45) is 1.87. The Morgan fingerprint density at radius 3 is 1.88 bits per heavy atom. The third kappa shape index (κ3) is 4.29. The van der Waals surface area contributed by atoms with Crippen LogP contribution in [0.5, 0.6) is 5.75 Å². The van der Waals surface area contributed by atoms with Crippen LogP contribution >= 0.6 is 0 Å². The Balaban J connectivity index is 1.28. The number of phenols is 1. The van der Waals surface area contributed by atoms with E-state index in [-0.39, 0.29) is 5.75 Å². The van der Waals surface area contributed by atoms with Gasteiger partial charge in [-0.25, -0.2) is 0 Å². The summed E-state index contributed by atoms with van der Waals surface area (Å²) in [5.41, 5.74) is 11.7. The quantitative estimate of drug-likeness (QED) is 0.210. The third-order valence-corrected chi connectivity index (χ3v) is 9.69. The van der Waals surface area contributed by atoms with Gasteiger partial charge in [-0.3, -0.25) is 9.97 Å². The molecule has 3 heteroatoms. The summed E-state index contributed by atoms with van der Waals surface area (Å²) in [5.74, 6) is 0.243. The van der Waals surface area contributed by atoms with E-state index in [1.807, 2.05) is 42.6 Å². The van der Waals surface area contributed by atoms with Gasteiger partial charge in [-0.1, -0.05) is 121 Å². The second-order valence-corrected chi connectivity index (χ2v) is 12.3. The number of pyridine rings is 2. The van der Waals surface area contributed by atoms with Crippen LogP contribution in [-0.4, -0.2) is 15.1 Å². The molecule has 1 aliphatic rings. The van der Waals surface area contributed by atoms with E-state index >= 15 is 0 Å². The molecule has 9 rings (SSSR count). The number of phenolic OH excluding ortho intramolecular Hbond substituents is 1. The minimum Gasteiger partial charge on any atom is -0.507 e. The highest BCUT2D eigenvalue weighted by Crippen LogP contribution is 2.55. The number of hydrogen-bond acceptors (Lipinski definition) is 3. The molecule has 0 atom stereocenters. The molecule has 1 N–H and O–H groups in total. The first-order chi connectivity index (χ1) is 23.7. The summed E-state index contributed by atoms with van der Waals surface area (Å²) in [4.78, 5) is 10.5. The van der Waals surface area contributed by atoms with Gasteiger partial charge in [0, 0.05) is 17.3 Å². The number of benzene rings is 6. The predicted octanol–water partition coefficient (Wildman–Crippen LogP) is 10.7. The predicted molar refractivity (Wildman–Crippen MR) is 195 cm³/mol. The van der Waals surface area contributed by atoms with E-state index < -0.39 is 5.41 Å². The molecule has 0 radical (unpaired) electrons. The van der Waals surface area contributed by atoms with Crippen molar-refractivity contribution in [2.45, 2.75) is 5.41 Å². The molecule has 48 heavy (non-hydrogen) atoms. The molecule has 2 heterocycles. The highest BCUT2D eigenvalue weighted by molar-refractivity contribution is 6.01. The maximum atomic E-state index is 11.3. The fourth-order valence-corrected chi connectivity index (χ4v) is 7.55. The molecule has 0 unspecified atom stereocenters. The van der Waals surface area contributed by atoms with Gasteiger partial charge >= 0.3 is 0 Å². The monoisotopic (exact) mass is 614 g/mol. The molecule has 8 aromatic rings. The van der Waals surface area contributed by atoms with Gasteiger partial charge in [0.25, 0.3) is 0 Å². The van der Waals surface area contributed by atoms with Crippen molar-refractivity contribution in [1.29, 1.82) is 0 Å². The maximum Gasteiger partial charge on any atom is 0.123 e. The van der Waals surface area contributed by atoms with Crippen LogP contribution in [0.15, 0.2) is 176 Å². The Kier molecular flexibility index (Phi) is 6.51. The summed E-state index contributed by atoms with van der Waals surface area (Å²) >= 11 is 0. The maximum absolute atomic E-state index is 11.3. The minimum atomic E-state index is -0.688. The van der Waals surface area contributed by atoms with Gasteiger partial charge in [0.2, 0.25) is 0 Å². The molecule has 0 bridgehead atoms. The molecule has 2 aromatic heterocycles. The lowest BCUT2D eigenvalue weighted by Gasteiger charge is -2.31. The van der Waals surface area contributed by atoms with Crippen LogP contribution in [0, 0.1) is 0 Å². The summed E-state index contributed by atoms with van der Waals surface area (Å²) in [5, 5.41) is 13.4. The zero-order valence-corrected chi connectivity index (χ0v) is 26.1. The smallest absolute Gasteiger partial charge is 0.123 e. The van der Waals surface area contributed by atoms with Crippen molar-refractivity contribution in [3.63, 3.8) is 0 Å². The third-order valence-electron chi connectivity index (χ3n) is 9.69. The SMILES string of the molecule is Oc1ccc(-c2ccccc2)cc1-c1cc(-c2cccc(C3(c4ccccn4)c4ccccc4-c4ccccc43)n2)cc2ccccc12. The van der Waals surface area contributed by atoms with E-state index in [9.17, 15) is 5.11 Å². The summed E-state index contributed by atoms with van der Waals surface area (Å²) in [7, 11) is 0. The average molecular weight is 615 g/mol. The van der Waals surface area contributed by atoms with Crippen LogP contribution in [0.1, 0.15) is 22.5 Å². The number of hydrogen-bond donors (Lipinski definition) is 1. The Labute approximate surface area is 279 Å². The first-order valence-electron chi connectivity index (χ1n) is 16.2. The lowest BCUT2D eigenvalue weighted by molar-refractivity contribution is 0.477. The first-order valence-corrected chi connectivity index (χ1v) is 16.2. The van der Waals surface area contributed by atoms with Crippen molar-refractivity contribution in [3.8, 4) is 50.4 Å². The molecule has 1 aliphatic carbocycles. The molecule has 0 aliphatic heterocycles. The topological polar surface area (TPSA) is 46.0 Å². The number of rotatable bonds is 5. The fraction of sp³-hybridized carbons (Fsp3) is 0.0222. The molecule has 0 saturated carbocycles. The van der Waals surface area contributed by atoms with Gasteiger partial charge in [0.15, 0.2) is 0 Å². The molecular formula is C45H30N2O. The van der Waals surface area contributed by atoms with Gasteiger partial charge in [0.1, 0.15) is 11.2 Å². The Bertz CT molecular complexity index is 2420. The lowest BCUT2D eigenvalue weighted by atomic mass is 9.72.